The Morgan fingerprint density at radius 2 is 1.97 bits per heavy atom. The van der Waals surface area contributed by atoms with Gasteiger partial charge in [-0.2, -0.15) is 4.31 Å². The monoisotopic (exact) mass is 570 g/mol. The lowest BCUT2D eigenvalue weighted by Gasteiger charge is -2.38. The number of rotatable bonds is 10. The smallest absolute Gasteiger partial charge is 0.477 e. The van der Waals surface area contributed by atoms with Crippen molar-refractivity contribution >= 4 is 38.8 Å². The minimum Gasteiger partial charge on any atom is -0.493 e. The van der Waals surface area contributed by atoms with Crippen LogP contribution in [0.1, 0.15) is 24.0 Å². The van der Waals surface area contributed by atoms with E-state index in [-0.39, 0.29) is 31.0 Å². The van der Waals surface area contributed by atoms with E-state index in [0.717, 1.165) is 35.3 Å². The van der Waals surface area contributed by atoms with Gasteiger partial charge >= 0.3 is 15.6 Å². The highest BCUT2D eigenvalue weighted by atomic mass is 35.5. The van der Waals surface area contributed by atoms with Crippen LogP contribution in [-0.4, -0.2) is 77.1 Å². The predicted molar refractivity (Wildman–Crippen MR) is 132 cm³/mol. The van der Waals surface area contributed by atoms with E-state index in [9.17, 15) is 18.9 Å². The summed E-state index contributed by atoms with van der Waals surface area (Å²) in [5.74, 6) is 1.40. The van der Waals surface area contributed by atoms with Crippen LogP contribution in [0.4, 0.5) is 0 Å². The summed E-state index contributed by atoms with van der Waals surface area (Å²) in [7, 11) is -5.95. The molecule has 0 saturated heterocycles. The van der Waals surface area contributed by atoms with Crippen LogP contribution in [-0.2, 0) is 29.9 Å². The summed E-state index contributed by atoms with van der Waals surface area (Å²) in [4.78, 5) is 21.2. The molecule has 1 aliphatic carbocycles. The maximum Gasteiger partial charge on any atom is 0.477 e. The molecule has 4 atom stereocenters. The van der Waals surface area contributed by atoms with Crippen molar-refractivity contribution in [3.05, 3.63) is 35.4 Å². The van der Waals surface area contributed by atoms with Crippen molar-refractivity contribution in [3.63, 3.8) is 0 Å². The van der Waals surface area contributed by atoms with E-state index in [1.54, 1.807) is 13.2 Å². The van der Waals surface area contributed by atoms with Crippen molar-refractivity contribution in [1.29, 1.82) is 0 Å². The van der Waals surface area contributed by atoms with Gasteiger partial charge in [0, 0.05) is 43.4 Å². The fraction of sp³-hybridized carbons (Fsp3) is 0.619. The fourth-order valence-corrected chi connectivity index (χ4v) is 8.75. The molecule has 196 valence electrons. The number of ether oxygens (including phenoxy) is 2. The Morgan fingerprint density at radius 1 is 1.26 bits per heavy atom. The first-order valence-corrected chi connectivity index (χ1v) is 15.3. The maximum absolute atomic E-state index is 13.7. The molecule has 0 radical (unpaired) electrons. The third kappa shape index (κ3) is 5.48. The standard InChI is InChI=1S/C21H30Cl2N2O8P2/c1-24-10-7-21-6-5-16(32-34(26,33-35(27,28)29)25(11-8-22)12-9-23)13-18(21)31-20-17(30-2)4-3-15(14-24)19(20)21/h3-6,16,18H,7-14H2,1-2H3,(H2,27,28,29)/t16-,18-,21-,34?/m0/s1. The summed E-state index contributed by atoms with van der Waals surface area (Å²) in [6, 6.07) is 3.95. The zero-order valence-corrected chi connectivity index (χ0v) is 22.8. The summed E-state index contributed by atoms with van der Waals surface area (Å²) >= 11 is 11.7. The average molecular weight is 571 g/mol. The summed E-state index contributed by atoms with van der Waals surface area (Å²) < 4.78 is 49.0. The number of halogens is 2. The molecule has 2 N–H and O–H groups in total. The first-order valence-electron chi connectivity index (χ1n) is 11.2. The van der Waals surface area contributed by atoms with E-state index >= 15 is 0 Å². The van der Waals surface area contributed by atoms with E-state index in [1.807, 2.05) is 12.1 Å². The number of benzene rings is 1. The Balaban J connectivity index is 1.68. The van der Waals surface area contributed by atoms with Crippen molar-refractivity contribution in [1.82, 2.24) is 9.57 Å². The number of hydrogen-bond donors (Lipinski definition) is 2. The highest BCUT2D eigenvalue weighted by Crippen LogP contribution is 2.64. The zero-order valence-electron chi connectivity index (χ0n) is 19.5. The predicted octanol–water partition coefficient (Wildman–Crippen LogP) is 3.87. The molecule has 10 nitrogen and oxygen atoms in total. The number of hydrogen-bond acceptors (Lipinski definition) is 7. The van der Waals surface area contributed by atoms with Gasteiger partial charge in [0.2, 0.25) is 0 Å². The molecule has 3 aliphatic rings. The van der Waals surface area contributed by atoms with Gasteiger partial charge in [-0.1, -0.05) is 18.2 Å². The highest BCUT2D eigenvalue weighted by molar-refractivity contribution is 7.62. The minimum atomic E-state index is -5.16. The lowest BCUT2D eigenvalue weighted by Crippen LogP contribution is -2.43. The summed E-state index contributed by atoms with van der Waals surface area (Å²) in [5.41, 5.74) is 1.81. The van der Waals surface area contributed by atoms with Crippen LogP contribution in [0.5, 0.6) is 11.5 Å². The summed E-state index contributed by atoms with van der Waals surface area (Å²) in [5, 5.41) is 0. The molecule has 4 rings (SSSR count). The van der Waals surface area contributed by atoms with E-state index in [2.05, 4.69) is 18.0 Å². The highest BCUT2D eigenvalue weighted by Gasteiger charge is 2.54. The molecule has 0 aromatic heterocycles. The molecule has 1 aromatic rings. The number of phosphoric acid groups is 1. The Kier molecular flexibility index (Phi) is 8.31. The van der Waals surface area contributed by atoms with Crippen molar-refractivity contribution in [2.75, 3.05) is 45.6 Å². The molecule has 0 saturated carbocycles. The second-order valence-electron chi connectivity index (χ2n) is 8.88. The largest absolute Gasteiger partial charge is 0.493 e. The molecule has 35 heavy (non-hydrogen) atoms. The number of alkyl halides is 2. The van der Waals surface area contributed by atoms with Gasteiger partial charge in [0.25, 0.3) is 0 Å². The second-order valence-corrected chi connectivity index (χ2v) is 13.0. The number of methoxy groups -OCH3 is 1. The molecule has 14 heteroatoms. The first-order chi connectivity index (χ1) is 16.5. The molecule has 2 heterocycles. The quantitative estimate of drug-likeness (QED) is 0.244. The molecular weight excluding hydrogens is 541 g/mol. The third-order valence-electron chi connectivity index (χ3n) is 6.64. The van der Waals surface area contributed by atoms with Crippen molar-refractivity contribution in [2.45, 2.75) is 37.0 Å². The van der Waals surface area contributed by atoms with Crippen LogP contribution in [0.3, 0.4) is 0 Å². The van der Waals surface area contributed by atoms with Crippen molar-refractivity contribution < 1.29 is 37.2 Å². The Labute approximate surface area is 214 Å². The third-order valence-corrected chi connectivity index (χ3v) is 10.3. The molecule has 0 fully saturated rings. The Bertz CT molecular complexity index is 1060. The van der Waals surface area contributed by atoms with Gasteiger partial charge in [0.1, 0.15) is 6.10 Å². The lowest BCUT2D eigenvalue weighted by atomic mass is 9.69. The van der Waals surface area contributed by atoms with Crippen LogP contribution in [0.15, 0.2) is 24.3 Å². The van der Waals surface area contributed by atoms with Crippen LogP contribution in [0.2, 0.25) is 0 Å². The Morgan fingerprint density at radius 3 is 2.60 bits per heavy atom. The molecule has 1 unspecified atom stereocenters. The van der Waals surface area contributed by atoms with Crippen LogP contribution < -0.4 is 9.47 Å². The number of nitrogens with zero attached hydrogens (tertiary/aromatic N) is 2. The Hall–Kier alpha value is -0.640. The normalized spacial score (nSPS) is 27.6. The molecule has 0 amide bonds. The summed E-state index contributed by atoms with van der Waals surface area (Å²) in [6.07, 6.45) is 3.73. The van der Waals surface area contributed by atoms with Gasteiger partial charge in [-0.3, -0.25) is 4.52 Å². The molecule has 0 bridgehead atoms. The topological polar surface area (TPSA) is 118 Å². The minimum absolute atomic E-state index is 0.00416. The van der Waals surface area contributed by atoms with E-state index in [0.29, 0.717) is 17.9 Å². The molecular formula is C21H30Cl2N2O8P2. The van der Waals surface area contributed by atoms with Crippen LogP contribution in [0.25, 0.3) is 0 Å². The first kappa shape index (κ1) is 27.4. The summed E-state index contributed by atoms with van der Waals surface area (Å²) in [6.45, 7) is 1.62. The molecule has 1 aromatic carbocycles. The molecule has 1 spiro atoms. The van der Waals surface area contributed by atoms with Gasteiger partial charge < -0.3 is 24.2 Å². The SMILES string of the molecule is COc1ccc2c3c1O[C@H]1C[C@@H](OP(=O)(OP(=O)(O)O)N(CCCl)CCCl)C=C[C@@]31CCN(C)C2. The van der Waals surface area contributed by atoms with Crippen LogP contribution >= 0.6 is 38.8 Å². The van der Waals surface area contributed by atoms with Gasteiger partial charge in [-0.25, -0.2) is 13.8 Å². The van der Waals surface area contributed by atoms with Gasteiger partial charge in [0.15, 0.2) is 11.5 Å². The fourth-order valence-electron chi connectivity index (χ4n) is 5.14. The second kappa shape index (κ2) is 10.6. The average Bonchev–Trinajstić information content (AvgIpc) is 3.03. The zero-order chi connectivity index (χ0) is 25.4. The van der Waals surface area contributed by atoms with Gasteiger partial charge in [-0.05, 0) is 31.6 Å². The van der Waals surface area contributed by atoms with Crippen LogP contribution in [0, 0.1) is 0 Å². The van der Waals surface area contributed by atoms with E-state index in [1.165, 1.54) is 0 Å². The lowest BCUT2D eigenvalue weighted by molar-refractivity contribution is 0.0776. The molecule has 2 aliphatic heterocycles. The van der Waals surface area contributed by atoms with Gasteiger partial charge in [-0.15, -0.1) is 23.2 Å². The van der Waals surface area contributed by atoms with Gasteiger partial charge in [0.05, 0.1) is 18.6 Å². The van der Waals surface area contributed by atoms with Crippen molar-refractivity contribution in [3.8, 4) is 11.5 Å². The van der Waals surface area contributed by atoms with Crippen molar-refractivity contribution in [2.24, 2.45) is 0 Å². The van der Waals surface area contributed by atoms with E-state index in [4.69, 9.17) is 41.5 Å². The van der Waals surface area contributed by atoms with E-state index < -0.39 is 27.1 Å². The maximum atomic E-state index is 13.7.